The zero-order valence-corrected chi connectivity index (χ0v) is 12.6. The lowest BCUT2D eigenvalue weighted by Gasteiger charge is -2.22. The van der Waals surface area contributed by atoms with Gasteiger partial charge in [-0.05, 0) is 38.5 Å². The van der Waals surface area contributed by atoms with Crippen LogP contribution in [0.2, 0.25) is 0 Å². The smallest absolute Gasteiger partial charge is 0.226 e. The molecule has 0 aliphatic rings. The first-order chi connectivity index (χ1) is 9.23. The summed E-state index contributed by atoms with van der Waals surface area (Å²) in [5, 5.41) is -0.0231. The second-order valence-electron chi connectivity index (χ2n) is 5.35. The highest BCUT2D eigenvalue weighted by atomic mass is 32.2. The van der Waals surface area contributed by atoms with Crippen LogP contribution in [0.3, 0.4) is 0 Å². The number of nitrogens with one attached hydrogen (secondary N) is 1. The molecular weight excluding hydrogens is 278 g/mol. The van der Waals surface area contributed by atoms with E-state index in [0.717, 1.165) is 0 Å². The molecule has 0 saturated carbocycles. The first kappa shape index (κ1) is 14.8. The number of sulfone groups is 1. The van der Waals surface area contributed by atoms with E-state index in [1.54, 1.807) is 25.3 Å². The number of hydrogen-bond donors (Lipinski definition) is 2. The quantitative estimate of drug-likeness (QED) is 0.819. The van der Waals surface area contributed by atoms with E-state index < -0.39 is 15.4 Å². The second kappa shape index (κ2) is 5.06. The molecule has 1 heterocycles. The molecule has 20 heavy (non-hydrogen) atoms. The van der Waals surface area contributed by atoms with Crippen LogP contribution < -0.4 is 5.73 Å². The molecule has 0 fully saturated rings. The number of nitrogens with two attached hydrogens (primary N) is 1. The molecule has 0 bridgehead atoms. The number of aromatic nitrogens is 2. The van der Waals surface area contributed by atoms with Crippen LogP contribution in [0.15, 0.2) is 23.4 Å². The van der Waals surface area contributed by atoms with Gasteiger partial charge in [0, 0.05) is 12.8 Å². The number of hydrogen-bond acceptors (Lipinski definition) is 5. The molecule has 0 aliphatic heterocycles. The van der Waals surface area contributed by atoms with E-state index in [1.807, 2.05) is 13.8 Å². The van der Waals surface area contributed by atoms with Crippen molar-refractivity contribution in [1.82, 2.24) is 9.97 Å². The van der Waals surface area contributed by atoms with Gasteiger partial charge in [0.25, 0.3) is 0 Å². The lowest BCUT2D eigenvalue weighted by atomic mass is 10.1. The molecule has 2 rings (SSSR count). The van der Waals surface area contributed by atoms with Crippen LogP contribution in [0.4, 0.5) is 5.69 Å². The minimum absolute atomic E-state index is 0.0231. The number of fused-ring (bicyclic) bond motifs is 1. The van der Waals surface area contributed by atoms with Gasteiger partial charge in [0.15, 0.2) is 0 Å². The van der Waals surface area contributed by atoms with Gasteiger partial charge in [-0.1, -0.05) is 0 Å². The molecule has 7 heteroatoms. The maximum Gasteiger partial charge on any atom is 0.226 e. The predicted molar refractivity (Wildman–Crippen MR) is 78.3 cm³/mol. The molecule has 0 aliphatic carbocycles. The normalized spacial score (nSPS) is 12.9. The fraction of sp³-hybridized carbons (Fsp3) is 0.462. The number of rotatable bonds is 5. The van der Waals surface area contributed by atoms with Crippen LogP contribution in [0.25, 0.3) is 11.0 Å². The average Bonchev–Trinajstić information content (AvgIpc) is 2.80. The second-order valence-corrected chi connectivity index (χ2v) is 7.38. The Bertz CT molecular complexity index is 720. The minimum Gasteiger partial charge on any atom is -0.399 e. The van der Waals surface area contributed by atoms with Crippen LogP contribution in [-0.2, 0) is 14.6 Å². The SMILES string of the molecule is COC(C)(C)CCS(=O)(=O)c1nc2ccc(N)cc2[nH]1. The molecule has 3 N–H and O–H groups in total. The standard InChI is InChI=1S/C13H19N3O3S/c1-13(2,19-3)6-7-20(17,18)12-15-10-5-4-9(14)8-11(10)16-12/h4-5,8H,6-7,14H2,1-3H3,(H,15,16). The summed E-state index contributed by atoms with van der Waals surface area (Å²) in [4.78, 5) is 6.92. The summed E-state index contributed by atoms with van der Waals surface area (Å²) >= 11 is 0. The highest BCUT2D eigenvalue weighted by Gasteiger charge is 2.24. The predicted octanol–water partition coefficient (Wildman–Crippen LogP) is 1.73. The zero-order chi connectivity index (χ0) is 15.0. The number of anilines is 1. The molecule has 0 atom stereocenters. The Morgan fingerprint density at radius 1 is 1.40 bits per heavy atom. The monoisotopic (exact) mass is 297 g/mol. The number of ether oxygens (including phenoxy) is 1. The van der Waals surface area contributed by atoms with Gasteiger partial charge in [-0.25, -0.2) is 13.4 Å². The van der Waals surface area contributed by atoms with E-state index in [0.29, 0.717) is 23.1 Å². The lowest BCUT2D eigenvalue weighted by molar-refractivity contribution is 0.0203. The summed E-state index contributed by atoms with van der Waals surface area (Å²) in [6, 6.07) is 5.05. The number of aromatic amines is 1. The van der Waals surface area contributed by atoms with Gasteiger partial charge in [0.2, 0.25) is 15.0 Å². The van der Waals surface area contributed by atoms with Gasteiger partial charge in [-0.3, -0.25) is 0 Å². The molecule has 110 valence electrons. The molecule has 0 saturated heterocycles. The minimum atomic E-state index is -3.47. The largest absolute Gasteiger partial charge is 0.399 e. The zero-order valence-electron chi connectivity index (χ0n) is 11.8. The van der Waals surface area contributed by atoms with Crippen LogP contribution >= 0.6 is 0 Å². The number of nitrogen functional groups attached to an aromatic ring is 1. The van der Waals surface area contributed by atoms with Crippen LogP contribution in [0.5, 0.6) is 0 Å². The van der Waals surface area contributed by atoms with Gasteiger partial charge < -0.3 is 15.5 Å². The Balaban J connectivity index is 2.28. The topological polar surface area (TPSA) is 98.1 Å². The van der Waals surface area contributed by atoms with Gasteiger partial charge >= 0.3 is 0 Å². The molecule has 2 aromatic rings. The fourth-order valence-corrected chi connectivity index (χ4v) is 3.19. The summed E-state index contributed by atoms with van der Waals surface area (Å²) in [5.41, 5.74) is 6.95. The highest BCUT2D eigenvalue weighted by molar-refractivity contribution is 7.91. The number of benzene rings is 1. The van der Waals surface area contributed by atoms with Crippen molar-refractivity contribution in [1.29, 1.82) is 0 Å². The first-order valence-corrected chi connectivity index (χ1v) is 7.92. The number of H-pyrrole nitrogens is 1. The lowest BCUT2D eigenvalue weighted by Crippen LogP contribution is -2.26. The van der Waals surface area contributed by atoms with Crippen molar-refractivity contribution in [3.8, 4) is 0 Å². The summed E-state index contributed by atoms with van der Waals surface area (Å²) in [6.45, 7) is 3.70. The number of imidazole rings is 1. The van der Waals surface area contributed by atoms with Gasteiger partial charge in [-0.2, -0.15) is 0 Å². The van der Waals surface area contributed by atoms with Crippen LogP contribution in [0.1, 0.15) is 20.3 Å². The van der Waals surface area contributed by atoms with Gasteiger partial charge in [0.1, 0.15) is 0 Å². The Labute approximate surface area is 118 Å². The molecule has 0 radical (unpaired) electrons. The first-order valence-electron chi connectivity index (χ1n) is 6.27. The molecular formula is C13H19N3O3S. The summed E-state index contributed by atoms with van der Waals surface area (Å²) < 4.78 is 29.8. The molecule has 0 amide bonds. The maximum atomic E-state index is 12.3. The Morgan fingerprint density at radius 2 is 2.10 bits per heavy atom. The Morgan fingerprint density at radius 3 is 2.75 bits per heavy atom. The van der Waals surface area contributed by atoms with E-state index >= 15 is 0 Å². The fourth-order valence-electron chi connectivity index (χ4n) is 1.73. The van der Waals surface area contributed by atoms with Crippen molar-refractivity contribution in [2.45, 2.75) is 31.0 Å². The van der Waals surface area contributed by atoms with Crippen LogP contribution in [0, 0.1) is 0 Å². The summed E-state index contributed by atoms with van der Waals surface area (Å²) in [6.07, 6.45) is 0.394. The molecule has 6 nitrogen and oxygen atoms in total. The third-order valence-electron chi connectivity index (χ3n) is 3.30. The van der Waals surface area contributed by atoms with E-state index in [-0.39, 0.29) is 10.9 Å². The van der Waals surface area contributed by atoms with Gasteiger partial charge in [0.05, 0.1) is 22.4 Å². The van der Waals surface area contributed by atoms with Crippen molar-refractivity contribution in [2.75, 3.05) is 18.6 Å². The number of methoxy groups -OCH3 is 1. The third kappa shape index (κ3) is 3.10. The number of nitrogens with zero attached hydrogens (tertiary/aromatic N) is 1. The van der Waals surface area contributed by atoms with Crippen molar-refractivity contribution < 1.29 is 13.2 Å². The summed E-state index contributed by atoms with van der Waals surface area (Å²) in [5.74, 6) is -0.0247. The third-order valence-corrected chi connectivity index (χ3v) is 4.83. The van der Waals surface area contributed by atoms with Crippen molar-refractivity contribution >= 4 is 26.6 Å². The van der Waals surface area contributed by atoms with Crippen LogP contribution in [-0.4, -0.2) is 36.8 Å². The van der Waals surface area contributed by atoms with Crippen molar-refractivity contribution in [3.05, 3.63) is 18.2 Å². The van der Waals surface area contributed by atoms with Crippen molar-refractivity contribution in [2.24, 2.45) is 0 Å². The van der Waals surface area contributed by atoms with E-state index in [1.165, 1.54) is 0 Å². The molecule has 1 aromatic carbocycles. The maximum absolute atomic E-state index is 12.3. The highest BCUT2D eigenvalue weighted by Crippen LogP contribution is 2.20. The van der Waals surface area contributed by atoms with Gasteiger partial charge in [-0.15, -0.1) is 0 Å². The van der Waals surface area contributed by atoms with E-state index in [9.17, 15) is 8.42 Å². The molecule has 0 spiro atoms. The average molecular weight is 297 g/mol. The van der Waals surface area contributed by atoms with E-state index in [4.69, 9.17) is 10.5 Å². The van der Waals surface area contributed by atoms with Crippen molar-refractivity contribution in [3.63, 3.8) is 0 Å². The molecule has 1 aromatic heterocycles. The Hall–Kier alpha value is -1.60. The summed E-state index contributed by atoms with van der Waals surface area (Å²) in [7, 11) is -1.90. The van der Waals surface area contributed by atoms with E-state index in [2.05, 4.69) is 9.97 Å². The Kier molecular flexibility index (Phi) is 3.75. The molecule has 0 unspecified atom stereocenters.